The Morgan fingerprint density at radius 3 is 2.90 bits per heavy atom. The van der Waals surface area contributed by atoms with Crippen LogP contribution in [-0.2, 0) is 16.1 Å². The van der Waals surface area contributed by atoms with Crippen molar-refractivity contribution in [1.82, 2.24) is 10.2 Å². The first-order valence-corrected chi connectivity index (χ1v) is 6.33. The maximum atomic E-state index is 13.7. The van der Waals surface area contributed by atoms with Gasteiger partial charge in [0.1, 0.15) is 18.1 Å². The van der Waals surface area contributed by atoms with Crippen LogP contribution in [0.3, 0.4) is 0 Å². The number of nitrogens with one attached hydrogen (secondary N) is 1. The molecule has 1 atom stereocenters. The second-order valence-electron chi connectivity index (χ2n) is 4.57. The molecule has 0 bridgehead atoms. The van der Waals surface area contributed by atoms with Gasteiger partial charge in [0.05, 0.1) is 6.54 Å². The van der Waals surface area contributed by atoms with Gasteiger partial charge in [-0.25, -0.2) is 4.39 Å². The van der Waals surface area contributed by atoms with E-state index < -0.39 is 11.9 Å². The molecule has 1 aromatic rings. The quantitative estimate of drug-likeness (QED) is 0.813. The van der Waals surface area contributed by atoms with Crippen LogP contribution in [0.25, 0.3) is 0 Å². The SMILES string of the molecule is CNC(=O)C(CCC=O)N1Cc2c(F)cccc2C1=O. The van der Waals surface area contributed by atoms with E-state index in [-0.39, 0.29) is 36.8 Å². The van der Waals surface area contributed by atoms with E-state index in [4.69, 9.17) is 0 Å². The Balaban J connectivity index is 2.29. The fourth-order valence-corrected chi connectivity index (χ4v) is 2.39. The van der Waals surface area contributed by atoms with Crippen LogP contribution in [0.4, 0.5) is 4.39 Å². The maximum absolute atomic E-state index is 13.7. The molecule has 0 radical (unpaired) electrons. The highest BCUT2D eigenvalue weighted by molar-refractivity contribution is 6.01. The number of hydrogen-bond acceptors (Lipinski definition) is 3. The number of amides is 2. The monoisotopic (exact) mass is 278 g/mol. The summed E-state index contributed by atoms with van der Waals surface area (Å²) in [5.74, 6) is -1.18. The summed E-state index contributed by atoms with van der Waals surface area (Å²) in [4.78, 5) is 35.9. The van der Waals surface area contributed by atoms with Crippen molar-refractivity contribution in [2.45, 2.75) is 25.4 Å². The molecule has 0 spiro atoms. The lowest BCUT2D eigenvalue weighted by molar-refractivity contribution is -0.125. The number of aldehydes is 1. The van der Waals surface area contributed by atoms with E-state index in [0.717, 1.165) is 0 Å². The van der Waals surface area contributed by atoms with Gasteiger partial charge in [0.15, 0.2) is 0 Å². The molecular weight excluding hydrogens is 263 g/mol. The van der Waals surface area contributed by atoms with E-state index in [9.17, 15) is 18.8 Å². The minimum atomic E-state index is -0.760. The van der Waals surface area contributed by atoms with Gasteiger partial charge in [-0.1, -0.05) is 6.07 Å². The number of nitrogens with zero attached hydrogens (tertiary/aromatic N) is 1. The van der Waals surface area contributed by atoms with Crippen LogP contribution < -0.4 is 5.32 Å². The Bertz CT molecular complexity index is 559. The van der Waals surface area contributed by atoms with Gasteiger partial charge in [-0.15, -0.1) is 0 Å². The third-order valence-electron chi connectivity index (χ3n) is 3.42. The second-order valence-corrected chi connectivity index (χ2v) is 4.57. The molecule has 20 heavy (non-hydrogen) atoms. The molecule has 0 aromatic heterocycles. The van der Waals surface area contributed by atoms with Gasteiger partial charge in [-0.3, -0.25) is 9.59 Å². The van der Waals surface area contributed by atoms with E-state index in [1.54, 1.807) is 6.07 Å². The number of benzene rings is 1. The lowest BCUT2D eigenvalue weighted by atomic mass is 10.1. The van der Waals surface area contributed by atoms with Crippen molar-refractivity contribution in [2.75, 3.05) is 7.05 Å². The van der Waals surface area contributed by atoms with Gasteiger partial charge in [-0.05, 0) is 18.6 Å². The van der Waals surface area contributed by atoms with E-state index >= 15 is 0 Å². The van der Waals surface area contributed by atoms with E-state index in [1.165, 1.54) is 24.1 Å². The molecule has 0 saturated heterocycles. The minimum absolute atomic E-state index is 0.0534. The average molecular weight is 278 g/mol. The topological polar surface area (TPSA) is 66.5 Å². The number of likely N-dealkylation sites (N-methyl/N-ethyl adjacent to an activating group) is 1. The molecule has 6 heteroatoms. The van der Waals surface area contributed by atoms with Crippen LogP contribution in [0.5, 0.6) is 0 Å². The third-order valence-corrected chi connectivity index (χ3v) is 3.42. The highest BCUT2D eigenvalue weighted by Gasteiger charge is 2.36. The Labute approximate surface area is 115 Å². The molecule has 1 unspecified atom stereocenters. The van der Waals surface area contributed by atoms with Gasteiger partial charge in [0.2, 0.25) is 5.91 Å². The summed E-state index contributed by atoms with van der Waals surface area (Å²) in [7, 11) is 1.46. The number of carbonyl (C=O) groups is 3. The summed E-state index contributed by atoms with van der Waals surface area (Å²) in [6, 6.07) is 3.54. The molecule has 1 heterocycles. The number of carbonyl (C=O) groups excluding carboxylic acids is 3. The van der Waals surface area contributed by atoms with Crippen molar-refractivity contribution in [3.8, 4) is 0 Å². The number of fused-ring (bicyclic) bond motifs is 1. The molecule has 1 aliphatic heterocycles. The highest BCUT2D eigenvalue weighted by Crippen LogP contribution is 2.27. The summed E-state index contributed by atoms with van der Waals surface area (Å²) >= 11 is 0. The summed E-state index contributed by atoms with van der Waals surface area (Å²) in [5.41, 5.74) is 0.586. The van der Waals surface area contributed by atoms with Gasteiger partial charge in [0, 0.05) is 24.6 Å². The predicted octanol–water partition coefficient (Wildman–Crippen LogP) is 0.875. The molecule has 0 fully saturated rings. The lowest BCUT2D eigenvalue weighted by Crippen LogP contribution is -2.46. The standard InChI is InChI=1S/C14H15FN2O3/c1-16-13(19)12(6-3-7-18)17-8-10-9(14(17)20)4-2-5-11(10)15/h2,4-5,7,12H,3,6,8H2,1H3,(H,16,19). The van der Waals surface area contributed by atoms with Crippen LogP contribution in [0, 0.1) is 5.82 Å². The van der Waals surface area contributed by atoms with Crippen LogP contribution in [0.2, 0.25) is 0 Å². The molecule has 2 amide bonds. The van der Waals surface area contributed by atoms with E-state index in [2.05, 4.69) is 5.32 Å². The molecular formula is C14H15FN2O3. The van der Waals surface area contributed by atoms with Crippen molar-refractivity contribution in [1.29, 1.82) is 0 Å². The Hall–Kier alpha value is -2.24. The Morgan fingerprint density at radius 2 is 2.30 bits per heavy atom. The summed E-state index contributed by atoms with van der Waals surface area (Å²) in [6.07, 6.45) is 1.09. The van der Waals surface area contributed by atoms with Crippen molar-refractivity contribution >= 4 is 18.1 Å². The molecule has 2 rings (SSSR count). The largest absolute Gasteiger partial charge is 0.357 e. The van der Waals surface area contributed by atoms with Crippen LogP contribution in [0.15, 0.2) is 18.2 Å². The van der Waals surface area contributed by atoms with E-state index in [1.807, 2.05) is 0 Å². The maximum Gasteiger partial charge on any atom is 0.255 e. The fraction of sp³-hybridized carbons (Fsp3) is 0.357. The Kier molecular flexibility index (Phi) is 4.12. The van der Waals surface area contributed by atoms with Gasteiger partial charge in [0.25, 0.3) is 5.91 Å². The van der Waals surface area contributed by atoms with Crippen molar-refractivity contribution in [3.05, 3.63) is 35.1 Å². The zero-order valence-electron chi connectivity index (χ0n) is 11.1. The molecule has 1 aliphatic rings. The van der Waals surface area contributed by atoms with Crippen LogP contribution in [-0.4, -0.2) is 36.1 Å². The van der Waals surface area contributed by atoms with Crippen LogP contribution in [0.1, 0.15) is 28.8 Å². The van der Waals surface area contributed by atoms with Crippen LogP contribution >= 0.6 is 0 Å². The Morgan fingerprint density at radius 1 is 1.55 bits per heavy atom. The number of rotatable bonds is 5. The first-order valence-electron chi connectivity index (χ1n) is 6.33. The fourth-order valence-electron chi connectivity index (χ4n) is 2.39. The second kappa shape index (κ2) is 5.81. The van der Waals surface area contributed by atoms with Gasteiger partial charge >= 0.3 is 0 Å². The summed E-state index contributed by atoms with van der Waals surface area (Å²) < 4.78 is 13.7. The van der Waals surface area contributed by atoms with Crippen molar-refractivity contribution in [2.24, 2.45) is 0 Å². The molecule has 5 nitrogen and oxygen atoms in total. The highest BCUT2D eigenvalue weighted by atomic mass is 19.1. The lowest BCUT2D eigenvalue weighted by Gasteiger charge is -2.25. The van der Waals surface area contributed by atoms with Crippen molar-refractivity contribution < 1.29 is 18.8 Å². The number of halogens is 1. The first kappa shape index (κ1) is 14.2. The molecule has 1 N–H and O–H groups in total. The average Bonchev–Trinajstić information content (AvgIpc) is 2.78. The molecule has 106 valence electrons. The van der Waals surface area contributed by atoms with E-state index in [0.29, 0.717) is 11.8 Å². The smallest absolute Gasteiger partial charge is 0.255 e. The normalized spacial score (nSPS) is 14.9. The molecule has 1 aromatic carbocycles. The zero-order chi connectivity index (χ0) is 14.7. The summed E-state index contributed by atoms with van der Waals surface area (Å²) in [6.45, 7) is 0.0534. The third kappa shape index (κ3) is 2.41. The van der Waals surface area contributed by atoms with Crippen molar-refractivity contribution in [3.63, 3.8) is 0 Å². The molecule has 0 saturated carbocycles. The molecule has 0 aliphatic carbocycles. The predicted molar refractivity (Wildman–Crippen MR) is 69.4 cm³/mol. The number of hydrogen-bond donors (Lipinski definition) is 1. The first-order chi connectivity index (χ1) is 9.60. The zero-order valence-corrected chi connectivity index (χ0v) is 11.1. The minimum Gasteiger partial charge on any atom is -0.357 e. The van der Waals surface area contributed by atoms with Gasteiger partial charge in [-0.2, -0.15) is 0 Å². The van der Waals surface area contributed by atoms with Gasteiger partial charge < -0.3 is 15.0 Å². The summed E-state index contributed by atoms with van der Waals surface area (Å²) in [5, 5.41) is 2.47.